The lowest BCUT2D eigenvalue weighted by Crippen LogP contribution is -3.12. The van der Waals surface area contributed by atoms with Crippen molar-refractivity contribution >= 4 is 17.8 Å². The summed E-state index contributed by atoms with van der Waals surface area (Å²) >= 11 is 0. The topological polar surface area (TPSA) is 85.2 Å². The van der Waals surface area contributed by atoms with Gasteiger partial charge in [-0.3, -0.25) is 9.59 Å². The molecule has 0 aromatic carbocycles. The first-order valence-corrected chi connectivity index (χ1v) is 12.0. The summed E-state index contributed by atoms with van der Waals surface area (Å²) in [6.07, 6.45) is 8.36. The van der Waals surface area contributed by atoms with Gasteiger partial charge in [-0.05, 0) is 37.5 Å². The number of likely N-dealkylation sites (tertiary alicyclic amines) is 1. The van der Waals surface area contributed by atoms with E-state index in [-0.39, 0.29) is 30.1 Å². The molecule has 7 nitrogen and oxygen atoms in total. The van der Waals surface area contributed by atoms with Crippen LogP contribution in [0.1, 0.15) is 64.7 Å². The van der Waals surface area contributed by atoms with Gasteiger partial charge in [-0.15, -0.1) is 0 Å². The number of carbonyl (C=O) groups is 3. The van der Waals surface area contributed by atoms with Gasteiger partial charge in [0, 0.05) is 51.3 Å². The molecule has 0 radical (unpaired) electrons. The third-order valence-corrected chi connectivity index (χ3v) is 7.59. The van der Waals surface area contributed by atoms with Gasteiger partial charge >= 0.3 is 0 Å². The molecule has 2 amide bonds. The average Bonchev–Trinajstić information content (AvgIpc) is 2.98. The van der Waals surface area contributed by atoms with E-state index in [9.17, 15) is 19.5 Å². The van der Waals surface area contributed by atoms with Crippen molar-refractivity contribution in [1.29, 1.82) is 0 Å². The molecule has 30 heavy (non-hydrogen) atoms. The fourth-order valence-electron chi connectivity index (χ4n) is 5.70. The molecule has 170 valence electrons. The zero-order valence-corrected chi connectivity index (χ0v) is 18.6. The first-order chi connectivity index (χ1) is 14.4. The highest BCUT2D eigenvalue weighted by molar-refractivity contribution is 5.79. The third kappa shape index (κ3) is 6.43. The van der Waals surface area contributed by atoms with Gasteiger partial charge in [0.15, 0.2) is 0 Å². The van der Waals surface area contributed by atoms with Crippen LogP contribution in [0.3, 0.4) is 0 Å². The summed E-state index contributed by atoms with van der Waals surface area (Å²) in [6.45, 7) is 7.62. The Labute approximate surface area is 180 Å². The Hall–Kier alpha value is -1.63. The summed E-state index contributed by atoms with van der Waals surface area (Å²) in [6, 6.07) is 0. The van der Waals surface area contributed by atoms with E-state index < -0.39 is 5.97 Å². The molecule has 2 heterocycles. The molecule has 0 aromatic rings. The van der Waals surface area contributed by atoms with Crippen molar-refractivity contribution in [2.24, 2.45) is 17.8 Å². The monoisotopic (exact) mass is 421 g/mol. The van der Waals surface area contributed by atoms with E-state index in [2.05, 4.69) is 0 Å². The second kappa shape index (κ2) is 11.1. The maximum atomic E-state index is 13.0. The molecule has 3 rings (SSSR count). The van der Waals surface area contributed by atoms with Crippen molar-refractivity contribution in [1.82, 2.24) is 9.80 Å². The van der Waals surface area contributed by atoms with Gasteiger partial charge in [-0.2, -0.15) is 0 Å². The van der Waals surface area contributed by atoms with Crippen LogP contribution in [0.15, 0.2) is 0 Å². The first kappa shape index (κ1) is 23.0. The third-order valence-electron chi connectivity index (χ3n) is 7.59. The van der Waals surface area contributed by atoms with Gasteiger partial charge < -0.3 is 24.6 Å². The van der Waals surface area contributed by atoms with Crippen LogP contribution in [0.2, 0.25) is 0 Å². The number of nitrogens with one attached hydrogen (secondary N) is 1. The lowest BCUT2D eigenvalue weighted by atomic mass is 9.80. The molecule has 2 saturated heterocycles. The van der Waals surface area contributed by atoms with E-state index in [0.717, 1.165) is 77.7 Å². The van der Waals surface area contributed by atoms with Gasteiger partial charge in [0.2, 0.25) is 11.8 Å². The van der Waals surface area contributed by atoms with Gasteiger partial charge in [-0.25, -0.2) is 0 Å². The lowest BCUT2D eigenvalue weighted by molar-refractivity contribution is -0.898. The quantitative estimate of drug-likeness (QED) is 0.638. The number of hydrogen-bond acceptors (Lipinski definition) is 4. The van der Waals surface area contributed by atoms with Crippen LogP contribution in [-0.4, -0.2) is 73.4 Å². The number of nitrogens with zero attached hydrogens (tertiary/aromatic N) is 2. The molecule has 0 aromatic heterocycles. The first-order valence-electron chi connectivity index (χ1n) is 12.0. The molecule has 1 N–H and O–H groups in total. The van der Waals surface area contributed by atoms with Crippen molar-refractivity contribution in [3.63, 3.8) is 0 Å². The van der Waals surface area contributed by atoms with Gasteiger partial charge in [0.1, 0.15) is 0 Å². The summed E-state index contributed by atoms with van der Waals surface area (Å²) in [5.41, 5.74) is 0. The number of rotatable bonds is 6. The number of piperidine rings is 1. The van der Waals surface area contributed by atoms with E-state index in [0.29, 0.717) is 19.0 Å². The van der Waals surface area contributed by atoms with E-state index in [4.69, 9.17) is 0 Å². The number of carboxylic acid groups (broad SMARTS) is 1. The van der Waals surface area contributed by atoms with Crippen LogP contribution < -0.4 is 10.0 Å². The largest absolute Gasteiger partial charge is 0.550 e. The Morgan fingerprint density at radius 2 is 1.67 bits per heavy atom. The van der Waals surface area contributed by atoms with Crippen molar-refractivity contribution in [3.05, 3.63) is 0 Å². The summed E-state index contributed by atoms with van der Waals surface area (Å²) in [4.78, 5) is 41.4. The molecule has 3 atom stereocenters. The van der Waals surface area contributed by atoms with Crippen molar-refractivity contribution in [2.75, 3.05) is 45.8 Å². The van der Waals surface area contributed by atoms with Crippen LogP contribution in [-0.2, 0) is 14.4 Å². The fourth-order valence-corrected chi connectivity index (χ4v) is 5.70. The normalized spacial score (nSPS) is 28.8. The average molecular weight is 422 g/mol. The highest BCUT2D eigenvalue weighted by Crippen LogP contribution is 2.32. The minimum absolute atomic E-state index is 0.101. The van der Waals surface area contributed by atoms with Crippen molar-refractivity contribution < 1.29 is 24.4 Å². The van der Waals surface area contributed by atoms with E-state index in [1.807, 2.05) is 9.80 Å². The highest BCUT2D eigenvalue weighted by atomic mass is 16.4. The second-order valence-electron chi connectivity index (χ2n) is 9.65. The minimum atomic E-state index is -0.976. The molecule has 1 aliphatic carbocycles. The van der Waals surface area contributed by atoms with Crippen LogP contribution in [0, 0.1) is 17.8 Å². The van der Waals surface area contributed by atoms with Crippen LogP contribution in [0.25, 0.3) is 0 Å². The van der Waals surface area contributed by atoms with Crippen molar-refractivity contribution in [2.45, 2.75) is 64.7 Å². The van der Waals surface area contributed by atoms with E-state index in [1.165, 1.54) is 11.3 Å². The maximum absolute atomic E-state index is 13.0. The zero-order valence-electron chi connectivity index (χ0n) is 18.6. The molecule has 2 aliphatic heterocycles. The van der Waals surface area contributed by atoms with E-state index in [1.54, 1.807) is 6.92 Å². The number of amides is 2. The molecule has 0 bridgehead atoms. The van der Waals surface area contributed by atoms with Crippen LogP contribution in [0.4, 0.5) is 0 Å². The number of carboxylic acids is 1. The SMILES string of the molecule is CC(=O)N1CCC[NH+](CC[C@H]2CN(C(=O)C3CCCCC3)CC[C@H]2CC(=O)[O-])CC1. The maximum Gasteiger partial charge on any atom is 0.225 e. The summed E-state index contributed by atoms with van der Waals surface area (Å²) in [5.74, 6) is -0.0308. The standard InChI is InChI=1S/C23H39N3O4/c1-18(27)25-11-5-10-24(14-15-25)12-8-21-17-26(13-9-20(21)16-22(28)29)23(30)19-6-3-2-4-7-19/h19-21H,2-17H2,1H3,(H,28,29)/t20-,21-/m0/s1. The highest BCUT2D eigenvalue weighted by Gasteiger charge is 2.35. The van der Waals surface area contributed by atoms with Crippen LogP contribution in [0.5, 0.6) is 0 Å². The molecule has 0 spiro atoms. The molecular weight excluding hydrogens is 382 g/mol. The number of hydrogen-bond donors (Lipinski definition) is 1. The minimum Gasteiger partial charge on any atom is -0.550 e. The Kier molecular flexibility index (Phi) is 8.54. The second-order valence-corrected chi connectivity index (χ2v) is 9.65. The number of aliphatic carboxylic acids is 1. The number of quaternary nitrogens is 1. The Morgan fingerprint density at radius 3 is 2.37 bits per heavy atom. The zero-order chi connectivity index (χ0) is 21.5. The Bertz CT molecular complexity index is 605. The lowest BCUT2D eigenvalue weighted by Gasteiger charge is -2.41. The van der Waals surface area contributed by atoms with Gasteiger partial charge in [0.05, 0.1) is 26.2 Å². The molecule has 3 fully saturated rings. The summed E-state index contributed by atoms with van der Waals surface area (Å²) < 4.78 is 0. The van der Waals surface area contributed by atoms with Crippen molar-refractivity contribution in [3.8, 4) is 0 Å². The molecule has 7 heteroatoms. The Balaban J connectivity index is 1.56. The summed E-state index contributed by atoms with van der Waals surface area (Å²) in [5, 5.41) is 11.3. The van der Waals surface area contributed by atoms with E-state index >= 15 is 0 Å². The smallest absolute Gasteiger partial charge is 0.225 e. The number of carbonyl (C=O) groups excluding carboxylic acids is 3. The summed E-state index contributed by atoms with van der Waals surface area (Å²) in [7, 11) is 0. The van der Waals surface area contributed by atoms with Gasteiger partial charge in [-0.1, -0.05) is 19.3 Å². The van der Waals surface area contributed by atoms with Crippen LogP contribution >= 0.6 is 0 Å². The fraction of sp³-hybridized carbons (Fsp3) is 0.870. The van der Waals surface area contributed by atoms with Gasteiger partial charge in [0.25, 0.3) is 0 Å². The molecule has 1 saturated carbocycles. The predicted molar refractivity (Wildman–Crippen MR) is 111 cm³/mol. The molecule has 3 aliphatic rings. The predicted octanol–water partition coefficient (Wildman–Crippen LogP) is -0.301. The Morgan fingerprint density at radius 1 is 0.900 bits per heavy atom. The molecule has 1 unspecified atom stereocenters. The molecular formula is C23H39N3O4.